The van der Waals surface area contributed by atoms with Crippen LogP contribution in [-0.4, -0.2) is 29.3 Å². The van der Waals surface area contributed by atoms with Crippen molar-refractivity contribution in [3.05, 3.63) is 0 Å². The maximum absolute atomic E-state index is 11.2. The predicted molar refractivity (Wildman–Crippen MR) is 52.7 cm³/mol. The standard InChI is InChI=1S/C11H19NO/c1-9(13)11-7-8-12(11)10-5-3-2-4-6-10/h10-11H,2-8H2,1H3. The van der Waals surface area contributed by atoms with Crippen LogP contribution in [0.2, 0.25) is 0 Å². The molecule has 0 aromatic heterocycles. The fourth-order valence-electron chi connectivity index (χ4n) is 2.69. The highest BCUT2D eigenvalue weighted by atomic mass is 16.1. The summed E-state index contributed by atoms with van der Waals surface area (Å²) in [7, 11) is 0. The molecule has 2 rings (SSSR count). The monoisotopic (exact) mass is 181 g/mol. The van der Waals surface area contributed by atoms with Gasteiger partial charge in [0.15, 0.2) is 0 Å². The zero-order valence-electron chi connectivity index (χ0n) is 8.46. The lowest BCUT2D eigenvalue weighted by Crippen LogP contribution is -2.56. The Kier molecular flexibility index (Phi) is 2.68. The lowest BCUT2D eigenvalue weighted by Gasteiger charge is -2.46. The average Bonchev–Trinajstić information content (AvgIpc) is 2.02. The van der Waals surface area contributed by atoms with E-state index in [1.807, 2.05) is 0 Å². The quantitative estimate of drug-likeness (QED) is 0.649. The van der Waals surface area contributed by atoms with E-state index in [1.165, 1.54) is 32.1 Å². The predicted octanol–water partition coefficient (Wildman–Crippen LogP) is 1.98. The summed E-state index contributed by atoms with van der Waals surface area (Å²) in [6.45, 7) is 2.90. The largest absolute Gasteiger partial charge is 0.298 e. The van der Waals surface area contributed by atoms with Crippen molar-refractivity contribution in [2.24, 2.45) is 0 Å². The Morgan fingerprint density at radius 3 is 2.31 bits per heavy atom. The molecule has 1 saturated carbocycles. The number of ketones is 1. The van der Waals surface area contributed by atoms with Gasteiger partial charge < -0.3 is 0 Å². The first-order valence-electron chi connectivity index (χ1n) is 5.55. The van der Waals surface area contributed by atoms with Crippen molar-refractivity contribution in [2.45, 2.75) is 57.5 Å². The first-order valence-corrected chi connectivity index (χ1v) is 5.55. The lowest BCUT2D eigenvalue weighted by atomic mass is 9.88. The molecule has 1 heterocycles. The highest BCUT2D eigenvalue weighted by Gasteiger charge is 2.36. The molecule has 2 heteroatoms. The van der Waals surface area contributed by atoms with Crippen molar-refractivity contribution >= 4 is 5.78 Å². The van der Waals surface area contributed by atoms with Crippen molar-refractivity contribution in [2.75, 3.05) is 6.54 Å². The molecule has 2 nitrogen and oxygen atoms in total. The Morgan fingerprint density at radius 1 is 1.15 bits per heavy atom. The molecular weight excluding hydrogens is 162 g/mol. The lowest BCUT2D eigenvalue weighted by molar-refractivity contribution is -0.128. The van der Waals surface area contributed by atoms with Crippen LogP contribution in [0.1, 0.15) is 45.4 Å². The van der Waals surface area contributed by atoms with E-state index >= 15 is 0 Å². The van der Waals surface area contributed by atoms with Crippen molar-refractivity contribution in [3.63, 3.8) is 0 Å². The Hall–Kier alpha value is -0.370. The molecule has 0 bridgehead atoms. The van der Waals surface area contributed by atoms with Gasteiger partial charge in [0, 0.05) is 12.6 Å². The van der Waals surface area contributed by atoms with E-state index in [-0.39, 0.29) is 6.04 Å². The third-order valence-corrected chi connectivity index (χ3v) is 3.57. The SMILES string of the molecule is CC(=O)C1CCN1C1CCCCC1. The van der Waals surface area contributed by atoms with Crippen LogP contribution in [0.5, 0.6) is 0 Å². The highest BCUT2D eigenvalue weighted by molar-refractivity contribution is 5.82. The van der Waals surface area contributed by atoms with Gasteiger partial charge in [0.25, 0.3) is 0 Å². The molecule has 13 heavy (non-hydrogen) atoms. The van der Waals surface area contributed by atoms with Crippen molar-refractivity contribution < 1.29 is 4.79 Å². The van der Waals surface area contributed by atoms with Gasteiger partial charge in [-0.25, -0.2) is 0 Å². The zero-order valence-corrected chi connectivity index (χ0v) is 8.46. The minimum atomic E-state index is 0.281. The molecule has 1 aliphatic heterocycles. The molecule has 2 aliphatic rings. The second kappa shape index (κ2) is 3.79. The summed E-state index contributed by atoms with van der Waals surface area (Å²) < 4.78 is 0. The van der Waals surface area contributed by atoms with Crippen LogP contribution < -0.4 is 0 Å². The summed E-state index contributed by atoms with van der Waals surface area (Å²) in [6.07, 6.45) is 7.88. The van der Waals surface area contributed by atoms with Crippen LogP contribution in [-0.2, 0) is 4.79 Å². The van der Waals surface area contributed by atoms with Gasteiger partial charge in [-0.05, 0) is 26.2 Å². The zero-order chi connectivity index (χ0) is 9.26. The number of hydrogen-bond acceptors (Lipinski definition) is 2. The molecule has 1 aliphatic carbocycles. The van der Waals surface area contributed by atoms with E-state index in [1.54, 1.807) is 6.92 Å². The second-order valence-corrected chi connectivity index (χ2v) is 4.44. The number of hydrogen-bond donors (Lipinski definition) is 0. The Labute approximate surface area is 80.3 Å². The first-order chi connectivity index (χ1) is 6.29. The van der Waals surface area contributed by atoms with E-state index in [0.717, 1.165) is 19.0 Å². The van der Waals surface area contributed by atoms with Crippen LogP contribution in [0.3, 0.4) is 0 Å². The molecule has 0 aromatic carbocycles. The van der Waals surface area contributed by atoms with E-state index < -0.39 is 0 Å². The summed E-state index contributed by atoms with van der Waals surface area (Å²) in [5.74, 6) is 0.372. The number of rotatable bonds is 2. The average molecular weight is 181 g/mol. The molecule has 0 spiro atoms. The summed E-state index contributed by atoms with van der Waals surface area (Å²) in [6, 6.07) is 1.01. The highest BCUT2D eigenvalue weighted by Crippen LogP contribution is 2.30. The number of carbonyl (C=O) groups excluding carboxylic acids is 1. The van der Waals surface area contributed by atoms with Gasteiger partial charge in [0.05, 0.1) is 6.04 Å². The number of carbonyl (C=O) groups is 1. The van der Waals surface area contributed by atoms with Gasteiger partial charge in [-0.1, -0.05) is 19.3 Å². The summed E-state index contributed by atoms with van der Waals surface area (Å²) in [5, 5.41) is 0. The van der Waals surface area contributed by atoms with Crippen LogP contribution in [0, 0.1) is 0 Å². The third-order valence-electron chi connectivity index (χ3n) is 3.57. The van der Waals surface area contributed by atoms with Crippen LogP contribution in [0.15, 0.2) is 0 Å². The topological polar surface area (TPSA) is 20.3 Å². The molecule has 2 fully saturated rings. The number of Topliss-reactive ketones (excluding diaryl/α,β-unsaturated/α-hetero) is 1. The molecule has 0 N–H and O–H groups in total. The molecular formula is C11H19NO. The molecule has 74 valence electrons. The Morgan fingerprint density at radius 2 is 1.85 bits per heavy atom. The van der Waals surface area contributed by atoms with Crippen LogP contribution in [0.25, 0.3) is 0 Å². The fraction of sp³-hybridized carbons (Fsp3) is 0.909. The normalized spacial score (nSPS) is 31.3. The molecule has 0 radical (unpaired) electrons. The summed E-state index contributed by atoms with van der Waals surface area (Å²) in [4.78, 5) is 13.7. The third kappa shape index (κ3) is 1.78. The van der Waals surface area contributed by atoms with Crippen LogP contribution >= 0.6 is 0 Å². The number of nitrogens with zero attached hydrogens (tertiary/aromatic N) is 1. The van der Waals surface area contributed by atoms with E-state index in [9.17, 15) is 4.79 Å². The number of likely N-dealkylation sites (tertiary alicyclic amines) is 1. The van der Waals surface area contributed by atoms with Gasteiger partial charge in [-0.2, -0.15) is 0 Å². The molecule has 0 amide bonds. The minimum absolute atomic E-state index is 0.281. The Bertz CT molecular complexity index is 196. The summed E-state index contributed by atoms with van der Waals surface area (Å²) >= 11 is 0. The van der Waals surface area contributed by atoms with Crippen LogP contribution in [0.4, 0.5) is 0 Å². The van der Waals surface area contributed by atoms with E-state index in [0.29, 0.717) is 5.78 Å². The smallest absolute Gasteiger partial charge is 0.146 e. The fourth-order valence-corrected chi connectivity index (χ4v) is 2.69. The van der Waals surface area contributed by atoms with Gasteiger partial charge in [-0.3, -0.25) is 9.69 Å². The summed E-state index contributed by atoms with van der Waals surface area (Å²) in [5.41, 5.74) is 0. The van der Waals surface area contributed by atoms with Crippen molar-refractivity contribution in [1.82, 2.24) is 4.90 Å². The molecule has 1 unspecified atom stereocenters. The van der Waals surface area contributed by atoms with Gasteiger partial charge in [-0.15, -0.1) is 0 Å². The second-order valence-electron chi connectivity index (χ2n) is 4.44. The minimum Gasteiger partial charge on any atom is -0.298 e. The van der Waals surface area contributed by atoms with E-state index in [4.69, 9.17) is 0 Å². The van der Waals surface area contributed by atoms with Crippen molar-refractivity contribution in [1.29, 1.82) is 0 Å². The van der Waals surface area contributed by atoms with Gasteiger partial charge >= 0.3 is 0 Å². The van der Waals surface area contributed by atoms with Crippen molar-refractivity contribution in [3.8, 4) is 0 Å². The maximum Gasteiger partial charge on any atom is 0.146 e. The molecule has 1 atom stereocenters. The molecule has 0 aromatic rings. The first kappa shape index (κ1) is 9.20. The molecule has 1 saturated heterocycles. The maximum atomic E-state index is 11.2. The Balaban J connectivity index is 1.89. The van der Waals surface area contributed by atoms with Gasteiger partial charge in [0.2, 0.25) is 0 Å². The van der Waals surface area contributed by atoms with E-state index in [2.05, 4.69) is 4.90 Å². The van der Waals surface area contributed by atoms with Gasteiger partial charge in [0.1, 0.15) is 5.78 Å².